The highest BCUT2D eigenvalue weighted by Crippen LogP contribution is 2.31. The molecule has 2 N–H and O–H groups in total. The number of amides is 1. The van der Waals surface area contributed by atoms with Crippen molar-refractivity contribution < 1.29 is 4.79 Å². The van der Waals surface area contributed by atoms with E-state index in [1.807, 2.05) is 73.8 Å². The maximum atomic E-state index is 13.0. The first-order valence-electron chi connectivity index (χ1n) is 10.7. The van der Waals surface area contributed by atoms with E-state index in [2.05, 4.69) is 22.4 Å². The highest BCUT2D eigenvalue weighted by atomic mass is 35.5. The van der Waals surface area contributed by atoms with E-state index >= 15 is 0 Å². The summed E-state index contributed by atoms with van der Waals surface area (Å²) in [6.45, 7) is 2.43. The Kier molecular flexibility index (Phi) is 5.41. The van der Waals surface area contributed by atoms with Gasteiger partial charge in [-0.25, -0.2) is 0 Å². The molecule has 0 saturated heterocycles. The lowest BCUT2D eigenvalue weighted by atomic mass is 10.1. The van der Waals surface area contributed by atoms with E-state index < -0.39 is 6.04 Å². The Labute approximate surface area is 191 Å². The van der Waals surface area contributed by atoms with Gasteiger partial charge in [-0.05, 0) is 43.2 Å². The van der Waals surface area contributed by atoms with Gasteiger partial charge in [0.1, 0.15) is 11.7 Å². The van der Waals surface area contributed by atoms with E-state index in [1.54, 1.807) is 4.68 Å². The van der Waals surface area contributed by atoms with Gasteiger partial charge in [0.2, 0.25) is 5.91 Å². The number of carbonyl (C=O) groups excluding carboxylic acids is 1. The lowest BCUT2D eigenvalue weighted by molar-refractivity contribution is -0.123. The van der Waals surface area contributed by atoms with Crippen molar-refractivity contribution in [1.29, 1.82) is 0 Å². The Hall–Kier alpha value is -3.57. The van der Waals surface area contributed by atoms with Crippen LogP contribution in [0.3, 0.4) is 0 Å². The maximum Gasteiger partial charge on any atom is 0.244 e. The number of hydrogen-bond donors (Lipinski definition) is 2. The third-order valence-corrected chi connectivity index (χ3v) is 6.07. The monoisotopic (exact) mass is 442 g/mol. The second kappa shape index (κ2) is 8.52. The van der Waals surface area contributed by atoms with Crippen molar-refractivity contribution in [3.05, 3.63) is 89.6 Å². The number of para-hydroxylation sites is 1. The summed E-state index contributed by atoms with van der Waals surface area (Å²) in [4.78, 5) is 16.3. The number of H-pyrrole nitrogens is 1. The standard InChI is InChI=1S/C26H23ClN4O/c1-17(26(32)28-14-13-19-16-29-23-10-6-5-9-21(19)23)31-24-12-11-20(27)15-22(24)25(30-31)18-7-3-2-4-8-18/h2-12,15-17,29H,13-14H2,1H3,(H,28,32). The second-order valence-corrected chi connectivity index (χ2v) is 8.33. The molecule has 32 heavy (non-hydrogen) atoms. The van der Waals surface area contributed by atoms with Crippen LogP contribution in [0.25, 0.3) is 33.1 Å². The fraction of sp³-hybridized carbons (Fsp3) is 0.154. The maximum absolute atomic E-state index is 13.0. The molecule has 1 unspecified atom stereocenters. The summed E-state index contributed by atoms with van der Waals surface area (Å²) in [7, 11) is 0. The van der Waals surface area contributed by atoms with Crippen LogP contribution in [-0.4, -0.2) is 27.2 Å². The molecule has 1 atom stereocenters. The van der Waals surface area contributed by atoms with E-state index in [0.29, 0.717) is 11.6 Å². The average Bonchev–Trinajstić information content (AvgIpc) is 3.40. The van der Waals surface area contributed by atoms with E-state index in [0.717, 1.165) is 34.1 Å². The normalized spacial score (nSPS) is 12.3. The highest BCUT2D eigenvalue weighted by molar-refractivity contribution is 6.31. The van der Waals surface area contributed by atoms with Crippen LogP contribution in [0, 0.1) is 0 Å². The number of benzene rings is 3. The van der Waals surface area contributed by atoms with Gasteiger partial charge in [-0.15, -0.1) is 0 Å². The Morgan fingerprint density at radius 2 is 1.84 bits per heavy atom. The first kappa shape index (κ1) is 20.3. The molecule has 1 amide bonds. The molecule has 5 aromatic rings. The van der Waals surface area contributed by atoms with Crippen LogP contribution >= 0.6 is 11.6 Å². The van der Waals surface area contributed by atoms with Crippen LogP contribution in [0.1, 0.15) is 18.5 Å². The fourth-order valence-corrected chi connectivity index (χ4v) is 4.31. The Morgan fingerprint density at radius 1 is 1.06 bits per heavy atom. The molecule has 160 valence electrons. The first-order chi connectivity index (χ1) is 15.6. The number of hydrogen-bond acceptors (Lipinski definition) is 2. The van der Waals surface area contributed by atoms with Gasteiger partial charge in [-0.2, -0.15) is 5.10 Å². The summed E-state index contributed by atoms with van der Waals surface area (Å²) in [5.74, 6) is -0.0659. The van der Waals surface area contributed by atoms with Crippen LogP contribution in [0.2, 0.25) is 5.02 Å². The second-order valence-electron chi connectivity index (χ2n) is 7.90. The van der Waals surface area contributed by atoms with Gasteiger partial charge in [0.15, 0.2) is 0 Å². The number of fused-ring (bicyclic) bond motifs is 2. The molecule has 5 nitrogen and oxygen atoms in total. The van der Waals surface area contributed by atoms with Crippen molar-refractivity contribution in [1.82, 2.24) is 20.1 Å². The van der Waals surface area contributed by atoms with Crippen molar-refractivity contribution in [2.75, 3.05) is 6.54 Å². The molecule has 0 spiro atoms. The molecule has 0 fully saturated rings. The third kappa shape index (κ3) is 3.76. The molecule has 0 aliphatic carbocycles. The Morgan fingerprint density at radius 3 is 2.69 bits per heavy atom. The van der Waals surface area contributed by atoms with Crippen LogP contribution in [0.5, 0.6) is 0 Å². The number of rotatable bonds is 6. The van der Waals surface area contributed by atoms with Crippen molar-refractivity contribution in [3.8, 4) is 11.3 Å². The van der Waals surface area contributed by atoms with Crippen LogP contribution < -0.4 is 5.32 Å². The lowest BCUT2D eigenvalue weighted by Crippen LogP contribution is -2.32. The summed E-state index contributed by atoms with van der Waals surface area (Å²) in [6.07, 6.45) is 2.77. The van der Waals surface area contributed by atoms with E-state index in [1.165, 1.54) is 10.9 Å². The average molecular weight is 443 g/mol. The van der Waals surface area contributed by atoms with E-state index in [9.17, 15) is 4.79 Å². The number of aromatic nitrogens is 3. The van der Waals surface area contributed by atoms with Crippen molar-refractivity contribution in [2.45, 2.75) is 19.4 Å². The summed E-state index contributed by atoms with van der Waals surface area (Å²) in [5.41, 5.74) is 5.00. The molecule has 0 aliphatic heterocycles. The van der Waals surface area contributed by atoms with Gasteiger partial charge in [-0.3, -0.25) is 9.48 Å². The number of carbonyl (C=O) groups is 1. The zero-order chi connectivity index (χ0) is 22.1. The minimum Gasteiger partial charge on any atom is -0.361 e. The molecule has 0 bridgehead atoms. The first-order valence-corrected chi connectivity index (χ1v) is 11.1. The van der Waals surface area contributed by atoms with Gasteiger partial charge in [0, 0.05) is 39.6 Å². The van der Waals surface area contributed by atoms with Crippen LogP contribution in [0.4, 0.5) is 0 Å². The number of nitrogens with zero attached hydrogens (tertiary/aromatic N) is 2. The summed E-state index contributed by atoms with van der Waals surface area (Å²) < 4.78 is 1.79. The lowest BCUT2D eigenvalue weighted by Gasteiger charge is -2.14. The number of nitrogens with one attached hydrogen (secondary N) is 2. The summed E-state index contributed by atoms with van der Waals surface area (Å²) in [6, 6.07) is 23.3. The molecule has 0 saturated carbocycles. The topological polar surface area (TPSA) is 62.7 Å². The zero-order valence-corrected chi connectivity index (χ0v) is 18.4. The van der Waals surface area contributed by atoms with Crippen molar-refractivity contribution >= 4 is 39.3 Å². The van der Waals surface area contributed by atoms with Crippen molar-refractivity contribution in [3.63, 3.8) is 0 Å². The Bertz CT molecular complexity index is 1400. The minimum atomic E-state index is -0.459. The van der Waals surface area contributed by atoms with E-state index in [-0.39, 0.29) is 5.91 Å². The van der Waals surface area contributed by atoms with Crippen LogP contribution in [-0.2, 0) is 11.2 Å². The highest BCUT2D eigenvalue weighted by Gasteiger charge is 2.21. The molecule has 2 aromatic heterocycles. The zero-order valence-electron chi connectivity index (χ0n) is 17.7. The molecule has 0 radical (unpaired) electrons. The molecule has 3 aromatic carbocycles. The van der Waals surface area contributed by atoms with Gasteiger partial charge in [0.25, 0.3) is 0 Å². The largest absolute Gasteiger partial charge is 0.361 e. The quantitative estimate of drug-likeness (QED) is 0.351. The van der Waals surface area contributed by atoms with Gasteiger partial charge < -0.3 is 10.3 Å². The molecule has 2 heterocycles. The summed E-state index contributed by atoms with van der Waals surface area (Å²) in [5, 5.41) is 10.7. The number of aromatic amines is 1. The molecular weight excluding hydrogens is 420 g/mol. The van der Waals surface area contributed by atoms with Gasteiger partial charge in [0.05, 0.1) is 5.52 Å². The predicted molar refractivity (Wildman–Crippen MR) is 130 cm³/mol. The van der Waals surface area contributed by atoms with Gasteiger partial charge in [-0.1, -0.05) is 60.1 Å². The third-order valence-electron chi connectivity index (χ3n) is 5.83. The van der Waals surface area contributed by atoms with Crippen molar-refractivity contribution in [2.24, 2.45) is 0 Å². The summed E-state index contributed by atoms with van der Waals surface area (Å²) >= 11 is 6.27. The van der Waals surface area contributed by atoms with Gasteiger partial charge >= 0.3 is 0 Å². The Balaban J connectivity index is 1.37. The molecule has 0 aliphatic rings. The predicted octanol–water partition coefficient (Wildman–Crippen LogP) is 5.76. The SMILES string of the molecule is CC(C(=O)NCCc1c[nH]c2ccccc12)n1nc(-c2ccccc2)c2cc(Cl)ccc21. The molecule has 6 heteroatoms. The number of halogens is 1. The van der Waals surface area contributed by atoms with E-state index in [4.69, 9.17) is 16.7 Å². The minimum absolute atomic E-state index is 0.0659. The molecular formula is C26H23ClN4O. The smallest absolute Gasteiger partial charge is 0.244 e. The fourth-order valence-electron chi connectivity index (χ4n) is 4.14. The molecule has 5 rings (SSSR count). The van der Waals surface area contributed by atoms with Crippen LogP contribution in [0.15, 0.2) is 79.0 Å².